The number of aliphatic hydroxyl groups excluding tert-OH is 1. The van der Waals surface area contributed by atoms with Gasteiger partial charge >= 0.3 is 6.03 Å². The van der Waals surface area contributed by atoms with Gasteiger partial charge in [-0.25, -0.2) is 4.79 Å². The number of rotatable bonds is 2. The molecule has 1 aromatic rings. The molecule has 1 aliphatic rings. The van der Waals surface area contributed by atoms with Crippen LogP contribution in [0.5, 0.6) is 0 Å². The lowest BCUT2D eigenvalue weighted by Crippen LogP contribution is -2.45. The van der Waals surface area contributed by atoms with Crippen molar-refractivity contribution in [2.75, 3.05) is 11.9 Å². The molecule has 1 fully saturated rings. The number of nitrogens with zero attached hydrogens (tertiary/aromatic N) is 1. The van der Waals surface area contributed by atoms with Crippen molar-refractivity contribution in [2.45, 2.75) is 25.5 Å². The fraction of sp³-hybridized carbons (Fsp3) is 0.385. The average molecular weight is 263 g/mol. The fourth-order valence-corrected chi connectivity index (χ4v) is 2.14. The van der Waals surface area contributed by atoms with Crippen molar-refractivity contribution >= 4 is 17.6 Å². The molecule has 6 nitrogen and oxygen atoms in total. The minimum Gasteiger partial charge on any atom is -0.391 e. The van der Waals surface area contributed by atoms with Gasteiger partial charge in [-0.3, -0.25) is 4.79 Å². The highest BCUT2D eigenvalue weighted by Gasteiger charge is 2.37. The number of nitrogens with two attached hydrogens (primary N) is 1. The average Bonchev–Trinajstić information content (AvgIpc) is 2.74. The lowest BCUT2D eigenvalue weighted by atomic mass is 10.2. The Morgan fingerprint density at radius 2 is 2.00 bits per heavy atom. The normalized spacial score (nSPS) is 22.3. The van der Waals surface area contributed by atoms with Crippen LogP contribution in [0.15, 0.2) is 24.3 Å². The highest BCUT2D eigenvalue weighted by molar-refractivity contribution is 5.93. The molecule has 0 aromatic heterocycles. The first kappa shape index (κ1) is 13.4. The first-order valence-corrected chi connectivity index (χ1v) is 6.09. The molecule has 6 heteroatoms. The summed E-state index contributed by atoms with van der Waals surface area (Å²) in [6.07, 6.45) is -0.516. The number of aryl methyl sites for hydroxylation is 1. The molecule has 0 spiro atoms. The predicted octanol–water partition coefficient (Wildman–Crippen LogP) is 0.447. The van der Waals surface area contributed by atoms with Gasteiger partial charge in [-0.15, -0.1) is 0 Å². The van der Waals surface area contributed by atoms with E-state index < -0.39 is 24.1 Å². The number of carbonyl (C=O) groups excluding carboxylic acids is 2. The zero-order valence-corrected chi connectivity index (χ0v) is 10.7. The molecule has 1 aliphatic heterocycles. The molecule has 1 heterocycles. The quantitative estimate of drug-likeness (QED) is 0.722. The van der Waals surface area contributed by atoms with Gasteiger partial charge in [-0.2, -0.15) is 0 Å². The maximum Gasteiger partial charge on any atom is 0.322 e. The first-order valence-electron chi connectivity index (χ1n) is 6.09. The van der Waals surface area contributed by atoms with Gasteiger partial charge < -0.3 is 21.1 Å². The highest BCUT2D eigenvalue weighted by Crippen LogP contribution is 2.19. The Labute approximate surface area is 111 Å². The number of amides is 3. The number of β-amino-alcohol motifs (C(OH)–C–C–N with tert-alkyl or cyclic N) is 1. The number of carbonyl (C=O) groups is 2. The number of likely N-dealkylation sites (tertiary alicyclic amines) is 1. The Kier molecular flexibility index (Phi) is 3.71. The second-order valence-electron chi connectivity index (χ2n) is 4.76. The van der Waals surface area contributed by atoms with Crippen molar-refractivity contribution in [3.8, 4) is 0 Å². The van der Waals surface area contributed by atoms with Gasteiger partial charge in [-0.1, -0.05) is 17.7 Å². The number of hydrogen-bond donors (Lipinski definition) is 3. The summed E-state index contributed by atoms with van der Waals surface area (Å²) in [7, 11) is 0. The molecule has 2 rings (SSSR count). The number of primary amides is 1. The smallest absolute Gasteiger partial charge is 0.322 e. The van der Waals surface area contributed by atoms with Gasteiger partial charge in [0.2, 0.25) is 5.91 Å². The zero-order chi connectivity index (χ0) is 14.0. The number of anilines is 1. The van der Waals surface area contributed by atoms with E-state index in [2.05, 4.69) is 5.32 Å². The summed E-state index contributed by atoms with van der Waals surface area (Å²) in [4.78, 5) is 24.6. The molecule has 19 heavy (non-hydrogen) atoms. The Morgan fingerprint density at radius 3 is 2.58 bits per heavy atom. The summed E-state index contributed by atoms with van der Waals surface area (Å²) in [5.41, 5.74) is 6.96. The van der Waals surface area contributed by atoms with Gasteiger partial charge in [-0.05, 0) is 19.1 Å². The molecular weight excluding hydrogens is 246 g/mol. The van der Waals surface area contributed by atoms with Crippen molar-refractivity contribution in [1.82, 2.24) is 4.90 Å². The van der Waals surface area contributed by atoms with E-state index in [4.69, 9.17) is 5.73 Å². The van der Waals surface area contributed by atoms with Crippen LogP contribution in [0.2, 0.25) is 0 Å². The number of aliphatic hydroxyl groups is 1. The number of urea groups is 1. The van der Waals surface area contributed by atoms with E-state index in [0.717, 1.165) is 5.56 Å². The molecule has 0 aliphatic carbocycles. The standard InChI is InChI=1S/C13H17N3O3/c1-8-2-4-9(5-3-8)15-13(19)16-7-10(17)6-11(16)12(14)18/h2-5,10-11,17H,6-7H2,1H3,(H2,14,18)(H,15,19). The lowest BCUT2D eigenvalue weighted by Gasteiger charge is -2.22. The van der Waals surface area contributed by atoms with Gasteiger partial charge in [0.25, 0.3) is 0 Å². The minimum absolute atomic E-state index is 0.116. The van der Waals surface area contributed by atoms with Crippen molar-refractivity contribution in [1.29, 1.82) is 0 Å². The Morgan fingerprint density at radius 1 is 1.37 bits per heavy atom. The van der Waals surface area contributed by atoms with Crippen LogP contribution in [-0.2, 0) is 4.79 Å². The minimum atomic E-state index is -0.750. The highest BCUT2D eigenvalue weighted by atomic mass is 16.3. The molecule has 0 bridgehead atoms. The van der Waals surface area contributed by atoms with Crippen LogP contribution >= 0.6 is 0 Å². The molecule has 4 N–H and O–H groups in total. The van der Waals surface area contributed by atoms with Crippen LogP contribution in [0, 0.1) is 6.92 Å². The van der Waals surface area contributed by atoms with Gasteiger partial charge in [0.05, 0.1) is 6.10 Å². The Hall–Kier alpha value is -2.08. The zero-order valence-electron chi connectivity index (χ0n) is 10.7. The van der Waals surface area contributed by atoms with E-state index in [1.165, 1.54) is 4.90 Å². The van der Waals surface area contributed by atoms with Crippen LogP contribution < -0.4 is 11.1 Å². The third-order valence-electron chi connectivity index (χ3n) is 3.17. The van der Waals surface area contributed by atoms with Crippen LogP contribution in [0.1, 0.15) is 12.0 Å². The van der Waals surface area contributed by atoms with Crippen LogP contribution in [0.25, 0.3) is 0 Å². The summed E-state index contributed by atoms with van der Waals surface area (Å²) >= 11 is 0. The molecule has 2 atom stereocenters. The van der Waals surface area contributed by atoms with Crippen molar-refractivity contribution < 1.29 is 14.7 Å². The monoisotopic (exact) mass is 263 g/mol. The van der Waals surface area contributed by atoms with Gasteiger partial charge in [0.1, 0.15) is 6.04 Å². The maximum atomic E-state index is 12.1. The second-order valence-corrected chi connectivity index (χ2v) is 4.76. The van der Waals surface area contributed by atoms with E-state index in [1.54, 1.807) is 12.1 Å². The third kappa shape index (κ3) is 3.03. The van der Waals surface area contributed by atoms with E-state index in [0.29, 0.717) is 5.69 Å². The van der Waals surface area contributed by atoms with Gasteiger partial charge in [0, 0.05) is 18.7 Å². The third-order valence-corrected chi connectivity index (χ3v) is 3.17. The number of nitrogens with one attached hydrogen (secondary N) is 1. The number of hydrogen-bond acceptors (Lipinski definition) is 3. The summed E-state index contributed by atoms with van der Waals surface area (Å²) in [6.45, 7) is 2.07. The molecular formula is C13H17N3O3. The Balaban J connectivity index is 2.06. The van der Waals surface area contributed by atoms with Crippen molar-refractivity contribution in [3.63, 3.8) is 0 Å². The van der Waals surface area contributed by atoms with E-state index in [1.807, 2.05) is 19.1 Å². The first-order chi connectivity index (χ1) is 8.97. The fourth-order valence-electron chi connectivity index (χ4n) is 2.14. The van der Waals surface area contributed by atoms with Crippen LogP contribution in [0.3, 0.4) is 0 Å². The van der Waals surface area contributed by atoms with Gasteiger partial charge in [0.15, 0.2) is 0 Å². The maximum absolute atomic E-state index is 12.1. The molecule has 2 unspecified atom stereocenters. The SMILES string of the molecule is Cc1ccc(NC(=O)N2CC(O)CC2C(N)=O)cc1. The van der Waals surface area contributed by atoms with E-state index >= 15 is 0 Å². The van der Waals surface area contributed by atoms with E-state index in [-0.39, 0.29) is 13.0 Å². The summed E-state index contributed by atoms with van der Waals surface area (Å²) in [5.74, 6) is -0.601. The summed E-state index contributed by atoms with van der Waals surface area (Å²) in [6, 6.07) is 6.13. The molecule has 1 saturated heterocycles. The predicted molar refractivity (Wildman–Crippen MR) is 70.5 cm³/mol. The lowest BCUT2D eigenvalue weighted by molar-refractivity contribution is -0.121. The molecule has 102 valence electrons. The molecule has 0 saturated carbocycles. The van der Waals surface area contributed by atoms with Crippen molar-refractivity contribution in [2.24, 2.45) is 5.73 Å². The van der Waals surface area contributed by atoms with Crippen molar-refractivity contribution in [3.05, 3.63) is 29.8 Å². The topological polar surface area (TPSA) is 95.7 Å². The van der Waals surface area contributed by atoms with Crippen LogP contribution in [0.4, 0.5) is 10.5 Å². The van der Waals surface area contributed by atoms with E-state index in [9.17, 15) is 14.7 Å². The molecule has 3 amide bonds. The molecule has 1 aromatic carbocycles. The summed E-state index contributed by atoms with van der Waals surface area (Å²) in [5, 5.41) is 12.2. The van der Waals surface area contributed by atoms with Crippen LogP contribution in [-0.4, -0.2) is 40.6 Å². The Bertz CT molecular complexity index is 486. The second kappa shape index (κ2) is 5.27. The molecule has 0 radical (unpaired) electrons. The summed E-state index contributed by atoms with van der Waals surface area (Å²) < 4.78 is 0. The number of benzene rings is 1. The largest absolute Gasteiger partial charge is 0.391 e.